The number of hydrogen-bond acceptors (Lipinski definition) is 3. The summed E-state index contributed by atoms with van der Waals surface area (Å²) in [4.78, 5) is 12.6. The third-order valence-electron chi connectivity index (χ3n) is 5.06. The molecular weight excluding hydrogens is 419 g/mol. The van der Waals surface area contributed by atoms with Gasteiger partial charge in [0.1, 0.15) is 0 Å². The number of nitrogens with one attached hydrogen (secondary N) is 1. The number of rotatable bonds is 5. The molecule has 8 heteroatoms. The van der Waals surface area contributed by atoms with E-state index >= 15 is 0 Å². The van der Waals surface area contributed by atoms with Crippen LogP contribution in [0.2, 0.25) is 10.0 Å². The van der Waals surface area contributed by atoms with Gasteiger partial charge in [-0.15, -0.1) is 0 Å². The Morgan fingerprint density at radius 1 is 1.04 bits per heavy atom. The first kappa shape index (κ1) is 21.1. The molecule has 1 saturated carbocycles. The van der Waals surface area contributed by atoms with Gasteiger partial charge in [-0.2, -0.15) is 4.31 Å². The van der Waals surface area contributed by atoms with Crippen molar-refractivity contribution < 1.29 is 13.2 Å². The second-order valence-electron chi connectivity index (χ2n) is 6.92. The summed E-state index contributed by atoms with van der Waals surface area (Å²) in [5.74, 6) is -0.395. The van der Waals surface area contributed by atoms with Crippen LogP contribution in [0.25, 0.3) is 0 Å². The van der Waals surface area contributed by atoms with E-state index in [1.807, 2.05) is 0 Å². The fraction of sp³-hybridized carbons (Fsp3) is 0.350. The standard InChI is InChI=1S/C20H22Cl2N2O3S/c1-24(16-5-3-2-4-6-16)28(26,27)17-10-7-14(8-11-17)20(25)23-19-13-15(21)9-12-18(19)22/h7-13,16H,2-6H2,1H3,(H,23,25). The smallest absolute Gasteiger partial charge is 0.255 e. The highest BCUT2D eigenvalue weighted by atomic mass is 35.5. The van der Waals surface area contributed by atoms with E-state index in [4.69, 9.17) is 23.2 Å². The number of carbonyl (C=O) groups excluding carboxylic acids is 1. The zero-order chi connectivity index (χ0) is 20.3. The fourth-order valence-electron chi connectivity index (χ4n) is 3.37. The highest BCUT2D eigenvalue weighted by molar-refractivity contribution is 7.89. The van der Waals surface area contributed by atoms with Gasteiger partial charge in [-0.1, -0.05) is 42.5 Å². The summed E-state index contributed by atoms with van der Waals surface area (Å²) >= 11 is 12.0. The van der Waals surface area contributed by atoms with Gasteiger partial charge in [0.25, 0.3) is 5.91 Å². The first-order valence-electron chi connectivity index (χ1n) is 9.13. The summed E-state index contributed by atoms with van der Waals surface area (Å²) in [6.07, 6.45) is 5.03. The van der Waals surface area contributed by atoms with Crippen molar-refractivity contribution in [2.45, 2.75) is 43.0 Å². The van der Waals surface area contributed by atoms with E-state index < -0.39 is 15.9 Å². The number of halogens is 2. The summed E-state index contributed by atoms with van der Waals surface area (Å²) < 4.78 is 27.2. The molecule has 2 aromatic carbocycles. The molecule has 0 radical (unpaired) electrons. The molecule has 0 saturated heterocycles. The Balaban J connectivity index is 1.75. The van der Waals surface area contributed by atoms with Gasteiger partial charge in [0.2, 0.25) is 10.0 Å². The highest BCUT2D eigenvalue weighted by Crippen LogP contribution is 2.28. The molecule has 1 aliphatic rings. The van der Waals surface area contributed by atoms with Crippen molar-refractivity contribution in [2.24, 2.45) is 0 Å². The molecule has 5 nitrogen and oxygen atoms in total. The second kappa shape index (κ2) is 8.82. The Morgan fingerprint density at radius 3 is 2.32 bits per heavy atom. The number of sulfonamides is 1. The summed E-state index contributed by atoms with van der Waals surface area (Å²) in [7, 11) is -1.96. The van der Waals surface area contributed by atoms with Gasteiger partial charge in [-0.05, 0) is 55.3 Å². The zero-order valence-electron chi connectivity index (χ0n) is 15.5. The largest absolute Gasteiger partial charge is 0.321 e. The van der Waals surface area contributed by atoms with Gasteiger partial charge < -0.3 is 5.32 Å². The quantitative estimate of drug-likeness (QED) is 0.694. The Bertz CT molecular complexity index is 956. The molecule has 0 bridgehead atoms. The predicted molar refractivity (Wildman–Crippen MR) is 113 cm³/mol. The molecule has 28 heavy (non-hydrogen) atoms. The number of benzene rings is 2. The number of amides is 1. The Labute approximate surface area is 175 Å². The topological polar surface area (TPSA) is 66.5 Å². The lowest BCUT2D eigenvalue weighted by molar-refractivity contribution is 0.102. The van der Waals surface area contributed by atoms with Crippen LogP contribution in [0, 0.1) is 0 Å². The molecule has 0 aliphatic heterocycles. The van der Waals surface area contributed by atoms with Crippen LogP contribution in [-0.4, -0.2) is 31.7 Å². The van der Waals surface area contributed by atoms with Crippen molar-refractivity contribution in [3.8, 4) is 0 Å². The third-order valence-corrected chi connectivity index (χ3v) is 7.55. The second-order valence-corrected chi connectivity index (χ2v) is 9.76. The average molecular weight is 441 g/mol. The van der Waals surface area contributed by atoms with Crippen molar-refractivity contribution in [2.75, 3.05) is 12.4 Å². The normalized spacial score (nSPS) is 15.6. The van der Waals surface area contributed by atoms with Crippen LogP contribution in [-0.2, 0) is 10.0 Å². The van der Waals surface area contributed by atoms with E-state index in [-0.39, 0.29) is 10.9 Å². The van der Waals surface area contributed by atoms with Crippen LogP contribution < -0.4 is 5.32 Å². The van der Waals surface area contributed by atoms with Crippen LogP contribution in [0.1, 0.15) is 42.5 Å². The molecule has 0 unspecified atom stereocenters. The molecule has 0 heterocycles. The van der Waals surface area contributed by atoms with E-state index in [2.05, 4.69) is 5.32 Å². The molecule has 1 N–H and O–H groups in total. The van der Waals surface area contributed by atoms with Crippen LogP contribution in [0.5, 0.6) is 0 Å². The van der Waals surface area contributed by atoms with Crippen LogP contribution in [0.4, 0.5) is 5.69 Å². The molecule has 0 spiro atoms. The molecule has 3 rings (SSSR count). The van der Waals surface area contributed by atoms with Crippen LogP contribution >= 0.6 is 23.2 Å². The third kappa shape index (κ3) is 4.69. The summed E-state index contributed by atoms with van der Waals surface area (Å²) in [5.41, 5.74) is 0.725. The Kier molecular flexibility index (Phi) is 6.65. The zero-order valence-corrected chi connectivity index (χ0v) is 17.8. The summed E-state index contributed by atoms with van der Waals surface area (Å²) in [6.45, 7) is 0. The van der Waals surface area contributed by atoms with Crippen molar-refractivity contribution in [1.29, 1.82) is 0 Å². The number of hydrogen-bond donors (Lipinski definition) is 1. The summed E-state index contributed by atoms with van der Waals surface area (Å²) in [5, 5.41) is 3.50. The lowest BCUT2D eigenvalue weighted by Crippen LogP contribution is -2.38. The molecule has 0 aromatic heterocycles. The lowest BCUT2D eigenvalue weighted by atomic mass is 9.96. The van der Waals surface area contributed by atoms with Crippen molar-refractivity contribution in [3.63, 3.8) is 0 Å². The number of carbonyl (C=O) groups is 1. The number of nitrogens with zero attached hydrogens (tertiary/aromatic N) is 1. The molecule has 2 aromatic rings. The maximum absolute atomic E-state index is 12.9. The van der Waals surface area contributed by atoms with Gasteiger partial charge in [0.15, 0.2) is 0 Å². The Morgan fingerprint density at radius 2 is 1.68 bits per heavy atom. The van der Waals surface area contributed by atoms with E-state index in [0.717, 1.165) is 32.1 Å². The minimum absolute atomic E-state index is 0.0340. The summed E-state index contributed by atoms with van der Waals surface area (Å²) in [6, 6.07) is 10.7. The van der Waals surface area contributed by atoms with Gasteiger partial charge >= 0.3 is 0 Å². The van der Waals surface area contributed by atoms with Crippen molar-refractivity contribution in [3.05, 3.63) is 58.1 Å². The monoisotopic (exact) mass is 440 g/mol. The SMILES string of the molecule is CN(C1CCCCC1)S(=O)(=O)c1ccc(C(=O)Nc2cc(Cl)ccc2Cl)cc1. The fourth-order valence-corrected chi connectivity index (χ4v) is 5.13. The minimum atomic E-state index is -3.59. The maximum Gasteiger partial charge on any atom is 0.255 e. The van der Waals surface area contributed by atoms with Gasteiger partial charge in [-0.25, -0.2) is 8.42 Å². The lowest BCUT2D eigenvalue weighted by Gasteiger charge is -2.30. The molecule has 1 aliphatic carbocycles. The van der Waals surface area contributed by atoms with Crippen LogP contribution in [0.15, 0.2) is 47.4 Å². The van der Waals surface area contributed by atoms with Gasteiger partial charge in [0, 0.05) is 23.7 Å². The first-order valence-corrected chi connectivity index (χ1v) is 11.3. The van der Waals surface area contributed by atoms with Gasteiger partial charge in [0.05, 0.1) is 15.6 Å². The molecule has 1 fully saturated rings. The van der Waals surface area contributed by atoms with Gasteiger partial charge in [-0.3, -0.25) is 4.79 Å². The van der Waals surface area contributed by atoms with E-state index in [9.17, 15) is 13.2 Å². The van der Waals surface area contributed by atoms with Crippen molar-refractivity contribution >= 4 is 44.8 Å². The van der Waals surface area contributed by atoms with Crippen LogP contribution in [0.3, 0.4) is 0 Å². The maximum atomic E-state index is 12.9. The number of anilines is 1. The van der Waals surface area contributed by atoms with Crippen molar-refractivity contribution in [1.82, 2.24) is 4.31 Å². The average Bonchev–Trinajstić information content (AvgIpc) is 2.71. The molecule has 150 valence electrons. The molecule has 0 atom stereocenters. The highest BCUT2D eigenvalue weighted by Gasteiger charge is 2.29. The molecule has 1 amide bonds. The minimum Gasteiger partial charge on any atom is -0.321 e. The first-order chi connectivity index (χ1) is 13.3. The predicted octanol–water partition coefficient (Wildman–Crippen LogP) is 5.20. The van der Waals surface area contributed by atoms with E-state index in [1.54, 1.807) is 25.2 Å². The van der Waals surface area contributed by atoms with E-state index in [1.165, 1.54) is 28.6 Å². The molecular formula is C20H22Cl2N2O3S. The van der Waals surface area contributed by atoms with E-state index in [0.29, 0.717) is 21.3 Å². The Hall–Kier alpha value is -1.60.